The lowest BCUT2D eigenvalue weighted by Gasteiger charge is -2.03. The Labute approximate surface area is 104 Å². The van der Waals surface area contributed by atoms with Gasteiger partial charge in [-0.25, -0.2) is 9.36 Å². The number of nitrogens with two attached hydrogens (primary N) is 2. The van der Waals surface area contributed by atoms with Crippen LogP contribution in [0.15, 0.2) is 6.20 Å². The minimum Gasteiger partial charge on any atom is -0.381 e. The highest BCUT2D eigenvalue weighted by molar-refractivity contribution is 5.78. The summed E-state index contributed by atoms with van der Waals surface area (Å²) >= 11 is 0. The Bertz CT molecular complexity index is 583. The molecule has 0 unspecified atom stereocenters. The molecule has 2 aromatic heterocycles. The first-order chi connectivity index (χ1) is 8.52. The van der Waals surface area contributed by atoms with Crippen molar-refractivity contribution in [3.63, 3.8) is 0 Å². The van der Waals surface area contributed by atoms with Crippen molar-refractivity contribution >= 4 is 11.7 Å². The predicted octanol–water partition coefficient (Wildman–Crippen LogP) is -0.527. The standard InChI is InChI=1S/C10H15N7O/c1-6-8(3-11)7(2)17(14-6)10(18)5-16-4-9(12)13-15-16/h4H,3,5,11-12H2,1-2H3. The highest BCUT2D eigenvalue weighted by atomic mass is 16.2. The maximum atomic E-state index is 12.1. The minimum atomic E-state index is -0.208. The van der Waals surface area contributed by atoms with Gasteiger partial charge < -0.3 is 11.5 Å². The van der Waals surface area contributed by atoms with Crippen LogP contribution in [-0.4, -0.2) is 30.7 Å². The number of rotatable bonds is 3. The van der Waals surface area contributed by atoms with Gasteiger partial charge in [0, 0.05) is 17.8 Å². The van der Waals surface area contributed by atoms with Gasteiger partial charge in [0.1, 0.15) is 6.54 Å². The summed E-state index contributed by atoms with van der Waals surface area (Å²) in [5, 5.41) is 11.5. The third-order valence-electron chi connectivity index (χ3n) is 2.74. The second-order valence-corrected chi connectivity index (χ2v) is 4.00. The Morgan fingerprint density at radius 3 is 2.67 bits per heavy atom. The fourth-order valence-corrected chi connectivity index (χ4v) is 1.81. The molecule has 4 N–H and O–H groups in total. The SMILES string of the molecule is Cc1nn(C(=O)Cn2cc(N)nn2)c(C)c1CN. The van der Waals surface area contributed by atoms with Crippen LogP contribution in [0.25, 0.3) is 0 Å². The first kappa shape index (κ1) is 12.2. The molecule has 0 aliphatic heterocycles. The van der Waals surface area contributed by atoms with Crippen LogP contribution in [0.2, 0.25) is 0 Å². The van der Waals surface area contributed by atoms with Gasteiger partial charge in [0.25, 0.3) is 5.91 Å². The average molecular weight is 249 g/mol. The third kappa shape index (κ3) is 2.09. The lowest BCUT2D eigenvalue weighted by Crippen LogP contribution is -2.21. The molecule has 18 heavy (non-hydrogen) atoms. The zero-order chi connectivity index (χ0) is 13.3. The smallest absolute Gasteiger partial charge is 0.268 e. The molecule has 0 bridgehead atoms. The van der Waals surface area contributed by atoms with Crippen LogP contribution in [0.4, 0.5) is 5.82 Å². The summed E-state index contributed by atoms with van der Waals surface area (Å²) in [5.41, 5.74) is 13.5. The lowest BCUT2D eigenvalue weighted by atomic mass is 10.2. The van der Waals surface area contributed by atoms with E-state index in [4.69, 9.17) is 11.5 Å². The van der Waals surface area contributed by atoms with E-state index in [0.29, 0.717) is 6.54 Å². The van der Waals surface area contributed by atoms with E-state index in [1.54, 1.807) is 0 Å². The number of hydrogen-bond acceptors (Lipinski definition) is 6. The van der Waals surface area contributed by atoms with Crippen molar-refractivity contribution < 1.29 is 4.79 Å². The van der Waals surface area contributed by atoms with Crippen LogP contribution in [0.1, 0.15) is 21.7 Å². The largest absolute Gasteiger partial charge is 0.381 e. The van der Waals surface area contributed by atoms with Crippen LogP contribution in [0.3, 0.4) is 0 Å². The molecule has 8 nitrogen and oxygen atoms in total. The molecule has 0 fully saturated rings. The maximum Gasteiger partial charge on any atom is 0.268 e. The van der Waals surface area contributed by atoms with E-state index in [-0.39, 0.29) is 18.3 Å². The van der Waals surface area contributed by atoms with E-state index < -0.39 is 0 Å². The molecule has 0 amide bonds. The third-order valence-corrected chi connectivity index (χ3v) is 2.74. The van der Waals surface area contributed by atoms with Gasteiger partial charge in [0.2, 0.25) is 0 Å². The van der Waals surface area contributed by atoms with Gasteiger partial charge >= 0.3 is 0 Å². The number of carbonyl (C=O) groups is 1. The molecule has 0 aliphatic carbocycles. The fourth-order valence-electron chi connectivity index (χ4n) is 1.81. The van der Waals surface area contributed by atoms with E-state index >= 15 is 0 Å². The fraction of sp³-hybridized carbons (Fsp3) is 0.400. The summed E-state index contributed by atoms with van der Waals surface area (Å²) in [4.78, 5) is 12.1. The number of carbonyl (C=O) groups excluding carboxylic acids is 1. The van der Waals surface area contributed by atoms with Crippen molar-refractivity contribution in [2.45, 2.75) is 26.9 Å². The van der Waals surface area contributed by atoms with E-state index in [9.17, 15) is 4.79 Å². The molecular formula is C10H15N7O. The number of hydrogen-bond donors (Lipinski definition) is 2. The minimum absolute atomic E-state index is 0.0379. The van der Waals surface area contributed by atoms with Crippen LogP contribution >= 0.6 is 0 Å². The van der Waals surface area contributed by atoms with Gasteiger partial charge in [0.15, 0.2) is 5.82 Å². The molecular weight excluding hydrogens is 234 g/mol. The lowest BCUT2D eigenvalue weighted by molar-refractivity contribution is 0.0866. The Balaban J connectivity index is 2.24. The van der Waals surface area contributed by atoms with Crippen molar-refractivity contribution in [2.24, 2.45) is 5.73 Å². The molecule has 8 heteroatoms. The quantitative estimate of drug-likeness (QED) is 0.755. The molecule has 0 aliphatic rings. The second kappa shape index (κ2) is 4.57. The van der Waals surface area contributed by atoms with E-state index in [1.807, 2.05) is 13.8 Å². The molecule has 2 aromatic rings. The maximum absolute atomic E-state index is 12.1. The molecule has 2 rings (SSSR count). The molecule has 0 saturated heterocycles. The van der Waals surface area contributed by atoms with Gasteiger partial charge in [-0.15, -0.1) is 5.10 Å². The Morgan fingerprint density at radius 1 is 1.44 bits per heavy atom. The van der Waals surface area contributed by atoms with Crippen LogP contribution < -0.4 is 11.5 Å². The van der Waals surface area contributed by atoms with Crippen LogP contribution in [0, 0.1) is 13.8 Å². The van der Waals surface area contributed by atoms with Gasteiger partial charge in [0.05, 0.1) is 11.9 Å². The monoisotopic (exact) mass is 249 g/mol. The molecule has 0 atom stereocenters. The van der Waals surface area contributed by atoms with Crippen molar-refractivity contribution in [3.05, 3.63) is 23.1 Å². The number of nitrogen functional groups attached to an aromatic ring is 1. The highest BCUT2D eigenvalue weighted by Crippen LogP contribution is 2.12. The number of nitrogens with zero attached hydrogens (tertiary/aromatic N) is 5. The number of anilines is 1. The second-order valence-electron chi connectivity index (χ2n) is 4.00. The van der Waals surface area contributed by atoms with Crippen molar-refractivity contribution in [2.75, 3.05) is 5.73 Å². The summed E-state index contributed by atoms with van der Waals surface area (Å²) in [7, 11) is 0. The number of aromatic nitrogens is 5. The summed E-state index contributed by atoms with van der Waals surface area (Å²) in [6.07, 6.45) is 1.49. The Hall–Kier alpha value is -2.22. The summed E-state index contributed by atoms with van der Waals surface area (Å²) in [6.45, 7) is 4.04. The van der Waals surface area contributed by atoms with Crippen LogP contribution in [0.5, 0.6) is 0 Å². The van der Waals surface area contributed by atoms with Crippen molar-refractivity contribution in [3.8, 4) is 0 Å². The summed E-state index contributed by atoms with van der Waals surface area (Å²) in [6, 6.07) is 0. The first-order valence-electron chi connectivity index (χ1n) is 5.47. The van der Waals surface area contributed by atoms with Gasteiger partial charge in [-0.3, -0.25) is 4.79 Å². The zero-order valence-electron chi connectivity index (χ0n) is 10.3. The average Bonchev–Trinajstić information content (AvgIpc) is 2.83. The van der Waals surface area contributed by atoms with Crippen molar-refractivity contribution in [1.29, 1.82) is 0 Å². The topological polar surface area (TPSA) is 118 Å². The Morgan fingerprint density at radius 2 is 2.17 bits per heavy atom. The van der Waals surface area contributed by atoms with Gasteiger partial charge in [-0.05, 0) is 13.8 Å². The molecule has 0 saturated carbocycles. The molecule has 2 heterocycles. The zero-order valence-corrected chi connectivity index (χ0v) is 10.3. The summed E-state index contributed by atoms with van der Waals surface area (Å²) in [5.74, 6) is 0.0685. The first-order valence-corrected chi connectivity index (χ1v) is 5.47. The van der Waals surface area contributed by atoms with Crippen molar-refractivity contribution in [1.82, 2.24) is 24.8 Å². The summed E-state index contributed by atoms with van der Waals surface area (Å²) < 4.78 is 2.71. The highest BCUT2D eigenvalue weighted by Gasteiger charge is 2.16. The predicted molar refractivity (Wildman–Crippen MR) is 64.7 cm³/mol. The van der Waals surface area contributed by atoms with E-state index in [0.717, 1.165) is 17.0 Å². The molecule has 0 radical (unpaired) electrons. The molecule has 0 aromatic carbocycles. The normalized spacial score (nSPS) is 10.8. The molecule has 96 valence electrons. The Kier molecular flexibility index (Phi) is 3.11. The van der Waals surface area contributed by atoms with Gasteiger partial charge in [-0.2, -0.15) is 5.10 Å². The van der Waals surface area contributed by atoms with Crippen LogP contribution in [-0.2, 0) is 13.1 Å². The van der Waals surface area contributed by atoms with E-state index in [1.165, 1.54) is 15.6 Å². The van der Waals surface area contributed by atoms with E-state index in [2.05, 4.69) is 15.4 Å². The van der Waals surface area contributed by atoms with Gasteiger partial charge in [-0.1, -0.05) is 5.21 Å². The molecule has 0 spiro atoms. The number of aryl methyl sites for hydroxylation is 1.